The van der Waals surface area contributed by atoms with Crippen LogP contribution in [0, 0.1) is 11.8 Å². The van der Waals surface area contributed by atoms with Crippen molar-refractivity contribution in [3.63, 3.8) is 0 Å². The molecule has 0 aromatic carbocycles. The highest BCUT2D eigenvalue weighted by Crippen LogP contribution is 2.31. The number of allylic oxidation sites excluding steroid dienone is 5. The number of aliphatic hydroxyl groups is 1. The maximum atomic E-state index is 10.6. The van der Waals surface area contributed by atoms with Gasteiger partial charge in [-0.3, -0.25) is 4.79 Å². The number of hydrogen-bond acceptors (Lipinski definition) is 2. The van der Waals surface area contributed by atoms with E-state index in [1.165, 1.54) is 44.1 Å². The van der Waals surface area contributed by atoms with Crippen molar-refractivity contribution in [2.24, 2.45) is 11.8 Å². The molecule has 0 unspecified atom stereocenters. The standard InChI is InChI=1S/C22H34O3/c23-21(20-14-2-1-3-15-20)16-8-6-12-18-10-4-5-11-19(18)13-7-9-17-22(24)25/h6,8,12-13,16,18,20-21,23H,1-5,7,9-11,14-15,17H2,(H,24,25)/b12-6+,16-8+,19-13+/t18-,21+/m0/s1. The molecule has 0 aromatic heterocycles. The minimum absolute atomic E-state index is 0.256. The average molecular weight is 347 g/mol. The van der Waals surface area contributed by atoms with Gasteiger partial charge < -0.3 is 10.2 Å². The number of aliphatic hydroxyl groups excluding tert-OH is 1. The number of carbonyl (C=O) groups is 1. The number of hydrogen-bond donors (Lipinski definition) is 2. The van der Waals surface area contributed by atoms with Crippen LogP contribution in [0.4, 0.5) is 0 Å². The Bertz CT molecular complexity index is 484. The summed E-state index contributed by atoms with van der Waals surface area (Å²) in [5, 5.41) is 19.0. The van der Waals surface area contributed by atoms with Crippen molar-refractivity contribution < 1.29 is 15.0 Å². The molecule has 2 rings (SSSR count). The van der Waals surface area contributed by atoms with Crippen molar-refractivity contribution >= 4 is 5.97 Å². The molecule has 3 heteroatoms. The fourth-order valence-electron chi connectivity index (χ4n) is 4.09. The monoisotopic (exact) mass is 346 g/mol. The van der Waals surface area contributed by atoms with E-state index in [4.69, 9.17) is 5.11 Å². The highest BCUT2D eigenvalue weighted by atomic mass is 16.4. The highest BCUT2D eigenvalue weighted by Gasteiger charge is 2.19. The van der Waals surface area contributed by atoms with Crippen LogP contribution < -0.4 is 0 Å². The zero-order chi connectivity index (χ0) is 17.9. The lowest BCUT2D eigenvalue weighted by Gasteiger charge is -2.24. The molecule has 0 radical (unpaired) electrons. The molecule has 2 aliphatic rings. The van der Waals surface area contributed by atoms with Gasteiger partial charge in [-0.05, 0) is 56.8 Å². The summed E-state index contributed by atoms with van der Waals surface area (Å²) in [4.78, 5) is 10.6. The maximum absolute atomic E-state index is 10.6. The lowest BCUT2D eigenvalue weighted by atomic mass is 9.83. The van der Waals surface area contributed by atoms with Crippen LogP contribution in [0.25, 0.3) is 0 Å². The molecule has 0 aliphatic heterocycles. The van der Waals surface area contributed by atoms with Crippen molar-refractivity contribution in [2.45, 2.75) is 83.2 Å². The molecule has 2 atom stereocenters. The Balaban J connectivity index is 1.80. The first-order chi connectivity index (χ1) is 12.2. The van der Waals surface area contributed by atoms with Gasteiger partial charge in [-0.1, -0.05) is 61.6 Å². The lowest BCUT2D eigenvalue weighted by molar-refractivity contribution is -0.137. The summed E-state index contributed by atoms with van der Waals surface area (Å²) in [6, 6.07) is 0. The van der Waals surface area contributed by atoms with Crippen molar-refractivity contribution in [1.82, 2.24) is 0 Å². The van der Waals surface area contributed by atoms with Crippen LogP contribution >= 0.6 is 0 Å². The van der Waals surface area contributed by atoms with E-state index >= 15 is 0 Å². The number of unbranched alkanes of at least 4 members (excludes halogenated alkanes) is 1. The molecule has 25 heavy (non-hydrogen) atoms. The van der Waals surface area contributed by atoms with Gasteiger partial charge in [-0.2, -0.15) is 0 Å². The van der Waals surface area contributed by atoms with Gasteiger partial charge in [-0.25, -0.2) is 0 Å². The Labute approximate surface area is 152 Å². The van der Waals surface area contributed by atoms with Crippen LogP contribution in [0.1, 0.15) is 77.0 Å². The Hall–Kier alpha value is -1.35. The Morgan fingerprint density at radius 3 is 2.60 bits per heavy atom. The number of aliphatic carboxylic acids is 1. The largest absolute Gasteiger partial charge is 0.481 e. The highest BCUT2D eigenvalue weighted by molar-refractivity contribution is 5.66. The molecule has 0 heterocycles. The summed E-state index contributed by atoms with van der Waals surface area (Å²) >= 11 is 0. The van der Waals surface area contributed by atoms with Crippen LogP contribution in [-0.4, -0.2) is 22.3 Å². The van der Waals surface area contributed by atoms with E-state index in [2.05, 4.69) is 18.2 Å². The first kappa shape index (κ1) is 20.0. The first-order valence-corrected chi connectivity index (χ1v) is 10.1. The molecule has 2 N–H and O–H groups in total. The zero-order valence-corrected chi connectivity index (χ0v) is 15.4. The summed E-state index contributed by atoms with van der Waals surface area (Å²) in [6.07, 6.45) is 23.1. The second-order valence-electron chi connectivity index (χ2n) is 7.58. The van der Waals surface area contributed by atoms with E-state index < -0.39 is 5.97 Å². The second-order valence-corrected chi connectivity index (χ2v) is 7.58. The van der Waals surface area contributed by atoms with Crippen LogP contribution in [0.3, 0.4) is 0 Å². The summed E-state index contributed by atoms with van der Waals surface area (Å²) in [6.45, 7) is 0. The smallest absolute Gasteiger partial charge is 0.303 e. The molecular weight excluding hydrogens is 312 g/mol. The molecule has 0 amide bonds. The van der Waals surface area contributed by atoms with E-state index in [-0.39, 0.29) is 12.5 Å². The predicted octanol–water partition coefficient (Wildman–Crippen LogP) is 5.41. The van der Waals surface area contributed by atoms with Crippen molar-refractivity contribution in [3.8, 4) is 0 Å². The molecule has 0 bridgehead atoms. The van der Waals surface area contributed by atoms with Crippen molar-refractivity contribution in [1.29, 1.82) is 0 Å². The molecule has 0 saturated heterocycles. The minimum atomic E-state index is -0.708. The quantitative estimate of drug-likeness (QED) is 0.351. The van der Waals surface area contributed by atoms with Gasteiger partial charge in [0.25, 0.3) is 0 Å². The molecule has 2 aliphatic carbocycles. The second kappa shape index (κ2) is 11.3. The van der Waals surface area contributed by atoms with Crippen molar-refractivity contribution in [2.75, 3.05) is 0 Å². The third-order valence-electron chi connectivity index (χ3n) is 5.60. The van der Waals surface area contributed by atoms with E-state index in [0.29, 0.717) is 11.8 Å². The third kappa shape index (κ3) is 7.60. The maximum Gasteiger partial charge on any atom is 0.303 e. The molecule has 0 aromatic rings. The molecule has 2 fully saturated rings. The van der Waals surface area contributed by atoms with Gasteiger partial charge in [0.05, 0.1) is 6.10 Å². The Kier molecular flexibility index (Phi) is 9.03. The van der Waals surface area contributed by atoms with Gasteiger partial charge in [0, 0.05) is 6.42 Å². The lowest BCUT2D eigenvalue weighted by Crippen LogP contribution is -2.20. The van der Waals surface area contributed by atoms with Gasteiger partial charge in [0.2, 0.25) is 0 Å². The van der Waals surface area contributed by atoms with Crippen LogP contribution in [-0.2, 0) is 4.79 Å². The molecule has 3 nitrogen and oxygen atoms in total. The topological polar surface area (TPSA) is 57.5 Å². The minimum Gasteiger partial charge on any atom is -0.481 e. The van der Waals surface area contributed by atoms with E-state index in [1.807, 2.05) is 12.2 Å². The van der Waals surface area contributed by atoms with E-state index in [1.54, 1.807) is 0 Å². The van der Waals surface area contributed by atoms with Gasteiger partial charge in [0.15, 0.2) is 0 Å². The summed E-state index contributed by atoms with van der Waals surface area (Å²) in [7, 11) is 0. The van der Waals surface area contributed by atoms with Crippen LogP contribution in [0.2, 0.25) is 0 Å². The number of rotatable bonds is 8. The molecule has 0 spiro atoms. The number of carboxylic acid groups (broad SMARTS) is 1. The predicted molar refractivity (Wildman–Crippen MR) is 102 cm³/mol. The van der Waals surface area contributed by atoms with Crippen molar-refractivity contribution in [3.05, 3.63) is 36.0 Å². The van der Waals surface area contributed by atoms with E-state index in [9.17, 15) is 9.90 Å². The number of carboxylic acids is 1. The third-order valence-corrected chi connectivity index (χ3v) is 5.60. The molecule has 2 saturated carbocycles. The average Bonchev–Trinajstić information content (AvgIpc) is 2.63. The van der Waals surface area contributed by atoms with Gasteiger partial charge in [0.1, 0.15) is 0 Å². The Morgan fingerprint density at radius 2 is 1.84 bits per heavy atom. The fraction of sp³-hybridized carbons (Fsp3) is 0.682. The summed E-state index contributed by atoms with van der Waals surface area (Å²) in [5.41, 5.74) is 1.47. The van der Waals surface area contributed by atoms with Crippen LogP contribution in [0.5, 0.6) is 0 Å². The molecule has 140 valence electrons. The van der Waals surface area contributed by atoms with Gasteiger partial charge in [-0.15, -0.1) is 0 Å². The summed E-state index contributed by atoms with van der Waals surface area (Å²) in [5.74, 6) is 0.216. The summed E-state index contributed by atoms with van der Waals surface area (Å²) < 4.78 is 0. The Morgan fingerprint density at radius 1 is 1.08 bits per heavy atom. The van der Waals surface area contributed by atoms with E-state index in [0.717, 1.165) is 32.1 Å². The SMILES string of the molecule is O=C(O)CCC/C=C1\CCCC[C@H]1/C=C/C=C/[C@@H](O)C1CCCCC1. The fourth-order valence-corrected chi connectivity index (χ4v) is 4.09. The zero-order valence-electron chi connectivity index (χ0n) is 15.4. The molecular formula is C22H34O3. The first-order valence-electron chi connectivity index (χ1n) is 10.1. The van der Waals surface area contributed by atoms with Gasteiger partial charge >= 0.3 is 5.97 Å². The van der Waals surface area contributed by atoms with Crippen LogP contribution in [0.15, 0.2) is 36.0 Å². The normalized spacial score (nSPS) is 25.8.